The number of carboxylic acid groups (broad SMARTS) is 1. The average molecular weight is 276 g/mol. The summed E-state index contributed by atoms with van der Waals surface area (Å²) < 4.78 is 0. The minimum absolute atomic E-state index is 0.0331. The largest absolute Gasteiger partial charge is 0.478 e. The van der Waals surface area contributed by atoms with E-state index in [0.717, 1.165) is 25.7 Å². The Labute approximate surface area is 118 Å². The van der Waals surface area contributed by atoms with E-state index in [-0.39, 0.29) is 23.1 Å². The minimum atomic E-state index is -1.07. The molecule has 1 aliphatic rings. The van der Waals surface area contributed by atoms with Gasteiger partial charge in [0, 0.05) is 11.6 Å². The number of amides is 1. The van der Waals surface area contributed by atoms with Crippen LogP contribution in [0, 0.1) is 11.8 Å². The third-order valence-corrected chi connectivity index (χ3v) is 3.92. The van der Waals surface area contributed by atoms with Crippen molar-refractivity contribution < 1.29 is 14.7 Å². The zero-order chi connectivity index (χ0) is 14.7. The van der Waals surface area contributed by atoms with Gasteiger partial charge in [-0.3, -0.25) is 4.79 Å². The van der Waals surface area contributed by atoms with E-state index < -0.39 is 5.97 Å². The number of rotatable bonds is 3. The zero-order valence-corrected chi connectivity index (χ0v) is 11.6. The first-order valence-corrected chi connectivity index (χ1v) is 6.91. The summed E-state index contributed by atoms with van der Waals surface area (Å²) in [5, 5.41) is 11.8. The van der Waals surface area contributed by atoms with Crippen LogP contribution in [-0.2, 0) is 4.79 Å². The number of carboxylic acids is 1. The summed E-state index contributed by atoms with van der Waals surface area (Å²) in [6.07, 6.45) is 3.80. The highest BCUT2D eigenvalue weighted by atomic mass is 16.4. The Morgan fingerprint density at radius 2 is 1.90 bits per heavy atom. The van der Waals surface area contributed by atoms with E-state index in [4.69, 9.17) is 10.8 Å². The summed E-state index contributed by atoms with van der Waals surface area (Å²) in [5.74, 6) is -0.544. The molecule has 0 aromatic heterocycles. The maximum absolute atomic E-state index is 12.2. The maximum atomic E-state index is 12.2. The number of nitrogen functional groups attached to an aromatic ring is 1. The molecule has 0 saturated heterocycles. The molecule has 0 unspecified atom stereocenters. The molecule has 1 aromatic rings. The molecule has 5 nitrogen and oxygen atoms in total. The molecule has 0 spiro atoms. The molecule has 1 aromatic carbocycles. The molecular weight excluding hydrogens is 256 g/mol. The molecule has 1 fully saturated rings. The monoisotopic (exact) mass is 276 g/mol. The van der Waals surface area contributed by atoms with E-state index in [1.54, 1.807) is 0 Å². The van der Waals surface area contributed by atoms with Crippen molar-refractivity contribution in [2.45, 2.75) is 32.6 Å². The highest BCUT2D eigenvalue weighted by Crippen LogP contribution is 2.29. The topological polar surface area (TPSA) is 92.4 Å². The molecular formula is C15H20N2O3. The van der Waals surface area contributed by atoms with Crippen molar-refractivity contribution in [2.75, 3.05) is 11.1 Å². The molecule has 0 aliphatic heterocycles. The van der Waals surface area contributed by atoms with E-state index in [1.165, 1.54) is 18.2 Å². The first-order valence-electron chi connectivity index (χ1n) is 6.91. The molecule has 5 heteroatoms. The van der Waals surface area contributed by atoms with E-state index in [1.807, 2.05) is 0 Å². The number of hydrogen-bond donors (Lipinski definition) is 3. The van der Waals surface area contributed by atoms with Crippen LogP contribution in [0.25, 0.3) is 0 Å². The van der Waals surface area contributed by atoms with Crippen molar-refractivity contribution >= 4 is 23.3 Å². The van der Waals surface area contributed by atoms with Gasteiger partial charge in [0.1, 0.15) is 0 Å². The number of carbonyl (C=O) groups excluding carboxylic acids is 1. The number of nitrogens with two attached hydrogens (primary N) is 1. The average Bonchev–Trinajstić information content (AvgIpc) is 2.39. The minimum Gasteiger partial charge on any atom is -0.478 e. The first kappa shape index (κ1) is 14.4. The molecule has 2 rings (SSSR count). The van der Waals surface area contributed by atoms with Crippen LogP contribution < -0.4 is 11.1 Å². The predicted molar refractivity (Wildman–Crippen MR) is 77.6 cm³/mol. The van der Waals surface area contributed by atoms with E-state index in [9.17, 15) is 9.59 Å². The van der Waals surface area contributed by atoms with Crippen LogP contribution in [0.3, 0.4) is 0 Å². The van der Waals surface area contributed by atoms with Crippen molar-refractivity contribution in [3.05, 3.63) is 23.8 Å². The van der Waals surface area contributed by atoms with Gasteiger partial charge in [-0.05, 0) is 49.8 Å². The number of aromatic carboxylic acids is 1. The van der Waals surface area contributed by atoms with Gasteiger partial charge in [-0.15, -0.1) is 0 Å². The smallest absolute Gasteiger partial charge is 0.337 e. The van der Waals surface area contributed by atoms with Gasteiger partial charge >= 0.3 is 5.97 Å². The summed E-state index contributed by atoms with van der Waals surface area (Å²) in [6, 6.07) is 4.42. The van der Waals surface area contributed by atoms with Crippen LogP contribution in [0.2, 0.25) is 0 Å². The summed E-state index contributed by atoms with van der Waals surface area (Å²) in [7, 11) is 0. The number of benzene rings is 1. The normalized spacial score (nSPS) is 22.2. The molecule has 1 amide bonds. The van der Waals surface area contributed by atoms with Gasteiger partial charge in [-0.2, -0.15) is 0 Å². The quantitative estimate of drug-likeness (QED) is 0.740. The molecule has 108 valence electrons. The van der Waals surface area contributed by atoms with Crippen molar-refractivity contribution in [3.8, 4) is 0 Å². The lowest BCUT2D eigenvalue weighted by Gasteiger charge is -2.25. The number of nitrogens with one attached hydrogen (secondary N) is 1. The number of carbonyl (C=O) groups is 2. The van der Waals surface area contributed by atoms with Crippen molar-refractivity contribution in [1.29, 1.82) is 0 Å². The molecule has 0 radical (unpaired) electrons. The third kappa shape index (κ3) is 3.29. The van der Waals surface area contributed by atoms with Crippen molar-refractivity contribution in [2.24, 2.45) is 11.8 Å². The second-order valence-electron chi connectivity index (χ2n) is 5.56. The Morgan fingerprint density at radius 3 is 2.50 bits per heavy atom. The standard InChI is InChI=1S/C15H20N2O3/c1-9-2-4-10(5-3-9)14(18)17-13-8-11(16)6-7-12(13)15(19)20/h6-10H,2-5,16H2,1H3,(H,17,18)(H,19,20). The van der Waals surface area contributed by atoms with Crippen molar-refractivity contribution in [3.63, 3.8) is 0 Å². The van der Waals surface area contributed by atoms with Crippen LogP contribution >= 0.6 is 0 Å². The lowest BCUT2D eigenvalue weighted by atomic mass is 9.82. The van der Waals surface area contributed by atoms with E-state index in [2.05, 4.69) is 12.2 Å². The van der Waals surface area contributed by atoms with Gasteiger partial charge in [0.15, 0.2) is 0 Å². The van der Waals surface area contributed by atoms with Crippen LogP contribution in [0.4, 0.5) is 11.4 Å². The fourth-order valence-electron chi connectivity index (χ4n) is 2.61. The molecule has 4 N–H and O–H groups in total. The Balaban J connectivity index is 2.11. The highest BCUT2D eigenvalue weighted by Gasteiger charge is 2.25. The predicted octanol–water partition coefficient (Wildman–Crippen LogP) is 2.73. The van der Waals surface area contributed by atoms with Crippen LogP contribution in [0.1, 0.15) is 43.0 Å². The Kier molecular flexibility index (Phi) is 4.27. The molecule has 0 bridgehead atoms. The summed E-state index contributed by atoms with van der Waals surface area (Å²) in [6.45, 7) is 2.19. The fourth-order valence-corrected chi connectivity index (χ4v) is 2.61. The SMILES string of the molecule is CC1CCC(C(=O)Nc2cc(N)ccc2C(=O)O)CC1. The van der Waals surface area contributed by atoms with Gasteiger partial charge in [-0.1, -0.05) is 6.92 Å². The fraction of sp³-hybridized carbons (Fsp3) is 0.467. The molecule has 0 heterocycles. The highest BCUT2D eigenvalue weighted by molar-refractivity contribution is 6.01. The number of anilines is 2. The van der Waals surface area contributed by atoms with Crippen LogP contribution in [0.5, 0.6) is 0 Å². The van der Waals surface area contributed by atoms with Crippen molar-refractivity contribution in [1.82, 2.24) is 0 Å². The van der Waals surface area contributed by atoms with E-state index >= 15 is 0 Å². The molecule has 1 saturated carbocycles. The molecule has 0 atom stereocenters. The van der Waals surface area contributed by atoms with Gasteiger partial charge in [0.25, 0.3) is 0 Å². The Hall–Kier alpha value is -2.04. The van der Waals surface area contributed by atoms with E-state index in [0.29, 0.717) is 11.6 Å². The maximum Gasteiger partial charge on any atom is 0.337 e. The lowest BCUT2D eigenvalue weighted by molar-refractivity contribution is -0.121. The van der Waals surface area contributed by atoms with Crippen LogP contribution in [-0.4, -0.2) is 17.0 Å². The second-order valence-corrected chi connectivity index (χ2v) is 5.56. The van der Waals surface area contributed by atoms with Gasteiger partial charge in [-0.25, -0.2) is 4.79 Å². The molecule has 20 heavy (non-hydrogen) atoms. The Bertz CT molecular complexity index is 520. The first-order chi connectivity index (χ1) is 9.47. The second kappa shape index (κ2) is 5.94. The summed E-state index contributed by atoms with van der Waals surface area (Å²) in [4.78, 5) is 23.4. The van der Waals surface area contributed by atoms with Crippen LogP contribution in [0.15, 0.2) is 18.2 Å². The summed E-state index contributed by atoms with van der Waals surface area (Å²) >= 11 is 0. The van der Waals surface area contributed by atoms with Gasteiger partial charge in [0.2, 0.25) is 5.91 Å². The van der Waals surface area contributed by atoms with Gasteiger partial charge in [0.05, 0.1) is 11.3 Å². The molecule has 1 aliphatic carbocycles. The lowest BCUT2D eigenvalue weighted by Crippen LogP contribution is -2.27. The van der Waals surface area contributed by atoms with Gasteiger partial charge < -0.3 is 16.2 Å². The Morgan fingerprint density at radius 1 is 1.25 bits per heavy atom. The third-order valence-electron chi connectivity index (χ3n) is 3.92. The summed E-state index contributed by atoms with van der Waals surface area (Å²) in [5.41, 5.74) is 6.43. The zero-order valence-electron chi connectivity index (χ0n) is 11.6. The number of hydrogen-bond acceptors (Lipinski definition) is 3.